The summed E-state index contributed by atoms with van der Waals surface area (Å²) in [6, 6.07) is 4.07. The van der Waals surface area contributed by atoms with Crippen LogP contribution in [0.15, 0.2) is 24.5 Å². The fourth-order valence-electron chi connectivity index (χ4n) is 3.36. The molecule has 0 aliphatic carbocycles. The Labute approximate surface area is 132 Å². The summed E-state index contributed by atoms with van der Waals surface area (Å²) < 4.78 is 5.64. The first kappa shape index (κ1) is 15.4. The summed E-state index contributed by atoms with van der Waals surface area (Å²) in [5.74, 6) is 0.340. The van der Waals surface area contributed by atoms with Crippen LogP contribution >= 0.6 is 0 Å². The van der Waals surface area contributed by atoms with Crippen LogP contribution in [0.25, 0.3) is 0 Å². The molecule has 22 heavy (non-hydrogen) atoms. The normalized spacial score (nSPS) is 26.9. The molecule has 2 atom stereocenters. The largest absolute Gasteiger partial charge is 0.378 e. The minimum atomic E-state index is 0.0543. The lowest BCUT2D eigenvalue weighted by atomic mass is 9.93. The van der Waals surface area contributed by atoms with E-state index < -0.39 is 0 Å². The highest BCUT2D eigenvalue weighted by molar-refractivity contribution is 5.79. The van der Waals surface area contributed by atoms with Gasteiger partial charge in [0.2, 0.25) is 5.91 Å². The fourth-order valence-corrected chi connectivity index (χ4v) is 3.36. The molecule has 5 heteroatoms. The maximum atomic E-state index is 12.6. The first-order valence-electron chi connectivity index (χ1n) is 8.25. The number of aromatic nitrogens is 1. The van der Waals surface area contributed by atoms with E-state index in [0.717, 1.165) is 52.2 Å². The van der Waals surface area contributed by atoms with E-state index in [0.29, 0.717) is 0 Å². The van der Waals surface area contributed by atoms with E-state index >= 15 is 0 Å². The number of nitrogens with zero attached hydrogens (tertiary/aromatic N) is 3. The third kappa shape index (κ3) is 3.65. The second-order valence-electron chi connectivity index (χ2n) is 6.29. The van der Waals surface area contributed by atoms with Crippen molar-refractivity contribution in [1.29, 1.82) is 0 Å². The fraction of sp³-hybridized carbons (Fsp3) is 0.647. The predicted molar refractivity (Wildman–Crippen MR) is 84.2 cm³/mol. The molecule has 120 valence electrons. The zero-order valence-corrected chi connectivity index (χ0v) is 13.3. The molecule has 3 heterocycles. The van der Waals surface area contributed by atoms with Crippen molar-refractivity contribution in [2.24, 2.45) is 5.92 Å². The van der Waals surface area contributed by atoms with Gasteiger partial charge in [0.15, 0.2) is 0 Å². The van der Waals surface area contributed by atoms with Crippen molar-refractivity contribution in [2.75, 3.05) is 32.8 Å². The van der Waals surface area contributed by atoms with Gasteiger partial charge in [0.05, 0.1) is 12.0 Å². The van der Waals surface area contributed by atoms with Crippen molar-refractivity contribution < 1.29 is 9.53 Å². The summed E-state index contributed by atoms with van der Waals surface area (Å²) >= 11 is 0. The molecule has 0 radical (unpaired) electrons. The number of carbonyl (C=O) groups excluding carboxylic acids is 1. The molecule has 2 fully saturated rings. The van der Waals surface area contributed by atoms with Gasteiger partial charge in [0.1, 0.15) is 0 Å². The Balaban J connectivity index is 1.50. The van der Waals surface area contributed by atoms with E-state index in [1.165, 1.54) is 5.56 Å². The van der Waals surface area contributed by atoms with Crippen LogP contribution in [0.1, 0.15) is 25.3 Å². The number of carbonyl (C=O) groups is 1. The van der Waals surface area contributed by atoms with Crippen molar-refractivity contribution in [3.63, 3.8) is 0 Å². The Bertz CT molecular complexity index is 486. The van der Waals surface area contributed by atoms with Gasteiger partial charge in [-0.25, -0.2) is 0 Å². The molecule has 0 N–H and O–H groups in total. The maximum absolute atomic E-state index is 12.6. The van der Waals surface area contributed by atoms with Gasteiger partial charge in [-0.15, -0.1) is 0 Å². The Hall–Kier alpha value is -1.46. The third-order valence-electron chi connectivity index (χ3n) is 4.74. The molecule has 2 aliphatic rings. The molecule has 5 nitrogen and oxygen atoms in total. The number of hydrogen-bond donors (Lipinski definition) is 0. The molecule has 0 aromatic carbocycles. The smallest absolute Gasteiger partial charge is 0.228 e. The molecule has 3 rings (SSSR count). The van der Waals surface area contributed by atoms with E-state index in [-0.39, 0.29) is 17.9 Å². The lowest BCUT2D eigenvalue weighted by Crippen LogP contribution is -2.52. The second kappa shape index (κ2) is 7.20. The molecule has 0 saturated carbocycles. The van der Waals surface area contributed by atoms with Crippen LogP contribution in [0.3, 0.4) is 0 Å². The van der Waals surface area contributed by atoms with Crippen LogP contribution in [0, 0.1) is 5.92 Å². The van der Waals surface area contributed by atoms with Crippen LogP contribution in [0.5, 0.6) is 0 Å². The third-order valence-corrected chi connectivity index (χ3v) is 4.74. The van der Waals surface area contributed by atoms with Crippen LogP contribution < -0.4 is 0 Å². The summed E-state index contributed by atoms with van der Waals surface area (Å²) in [6.45, 7) is 7.25. The average Bonchev–Trinajstić information content (AvgIpc) is 2.56. The van der Waals surface area contributed by atoms with Gasteiger partial charge < -0.3 is 9.64 Å². The van der Waals surface area contributed by atoms with Crippen molar-refractivity contribution >= 4 is 5.91 Å². The van der Waals surface area contributed by atoms with Crippen molar-refractivity contribution in [3.05, 3.63) is 30.1 Å². The van der Waals surface area contributed by atoms with E-state index in [2.05, 4.69) is 16.0 Å². The molecule has 2 unspecified atom stereocenters. The monoisotopic (exact) mass is 303 g/mol. The highest BCUT2D eigenvalue weighted by atomic mass is 16.5. The molecular formula is C17H25N3O2. The summed E-state index contributed by atoms with van der Waals surface area (Å²) in [5, 5.41) is 0. The first-order chi connectivity index (χ1) is 10.7. The summed E-state index contributed by atoms with van der Waals surface area (Å²) in [6.07, 6.45) is 5.75. The molecule has 1 amide bonds. The number of hydrogen-bond acceptors (Lipinski definition) is 4. The van der Waals surface area contributed by atoms with Crippen LogP contribution in [0.4, 0.5) is 0 Å². The van der Waals surface area contributed by atoms with Crippen molar-refractivity contribution in [1.82, 2.24) is 14.8 Å². The summed E-state index contributed by atoms with van der Waals surface area (Å²) in [5.41, 5.74) is 1.23. The number of amides is 1. The topological polar surface area (TPSA) is 45.7 Å². The number of ether oxygens (including phenoxy) is 1. The lowest BCUT2D eigenvalue weighted by Gasteiger charge is -2.38. The molecule has 1 aromatic heterocycles. The molecule has 0 bridgehead atoms. The summed E-state index contributed by atoms with van der Waals surface area (Å²) in [4.78, 5) is 21.2. The second-order valence-corrected chi connectivity index (χ2v) is 6.29. The predicted octanol–water partition coefficient (Wildman–Crippen LogP) is 1.54. The minimum Gasteiger partial charge on any atom is -0.378 e. The average molecular weight is 303 g/mol. The van der Waals surface area contributed by atoms with Gasteiger partial charge in [-0.3, -0.25) is 14.7 Å². The summed E-state index contributed by atoms with van der Waals surface area (Å²) in [7, 11) is 0. The van der Waals surface area contributed by atoms with Crippen LogP contribution in [0.2, 0.25) is 0 Å². The molecular weight excluding hydrogens is 278 g/mol. The Kier molecular flexibility index (Phi) is 5.05. The van der Waals surface area contributed by atoms with Gasteiger partial charge >= 0.3 is 0 Å². The van der Waals surface area contributed by atoms with Crippen molar-refractivity contribution in [2.45, 2.75) is 32.4 Å². The van der Waals surface area contributed by atoms with Gasteiger partial charge in [0.25, 0.3) is 0 Å². The number of pyridine rings is 1. The minimum absolute atomic E-state index is 0.0543. The van der Waals surface area contributed by atoms with Crippen LogP contribution in [-0.4, -0.2) is 59.6 Å². The highest BCUT2D eigenvalue weighted by Gasteiger charge is 2.33. The Morgan fingerprint density at radius 3 is 2.86 bits per heavy atom. The molecule has 1 aromatic rings. The van der Waals surface area contributed by atoms with E-state index in [4.69, 9.17) is 4.74 Å². The van der Waals surface area contributed by atoms with Crippen molar-refractivity contribution in [3.8, 4) is 0 Å². The standard InChI is InChI=1S/C17H25N3O2/c1-14-16(5-3-11-22-14)17(21)20-9-7-19(8-10-20)13-15-4-2-6-18-12-15/h2,4,6,12,14,16H,3,5,7-11,13H2,1H3. The van der Waals surface area contributed by atoms with Crippen LogP contribution in [-0.2, 0) is 16.1 Å². The first-order valence-corrected chi connectivity index (χ1v) is 8.25. The van der Waals surface area contributed by atoms with Gasteiger partial charge in [-0.2, -0.15) is 0 Å². The SMILES string of the molecule is CC1OCCCC1C(=O)N1CCN(Cc2cccnc2)CC1. The lowest BCUT2D eigenvalue weighted by molar-refractivity contribution is -0.145. The maximum Gasteiger partial charge on any atom is 0.228 e. The van der Waals surface area contributed by atoms with E-state index in [9.17, 15) is 4.79 Å². The zero-order valence-electron chi connectivity index (χ0n) is 13.3. The molecule has 2 saturated heterocycles. The quantitative estimate of drug-likeness (QED) is 0.850. The Morgan fingerprint density at radius 2 is 2.18 bits per heavy atom. The van der Waals surface area contributed by atoms with Gasteiger partial charge in [0, 0.05) is 51.7 Å². The van der Waals surface area contributed by atoms with E-state index in [1.807, 2.05) is 24.1 Å². The molecule has 0 spiro atoms. The number of piperazine rings is 1. The number of rotatable bonds is 3. The highest BCUT2D eigenvalue weighted by Crippen LogP contribution is 2.23. The Morgan fingerprint density at radius 1 is 1.36 bits per heavy atom. The van der Waals surface area contributed by atoms with Gasteiger partial charge in [-0.05, 0) is 31.4 Å². The zero-order chi connectivity index (χ0) is 15.4. The van der Waals surface area contributed by atoms with Gasteiger partial charge in [-0.1, -0.05) is 6.07 Å². The van der Waals surface area contributed by atoms with E-state index in [1.54, 1.807) is 6.20 Å². The molecule has 2 aliphatic heterocycles.